The summed E-state index contributed by atoms with van der Waals surface area (Å²) in [6, 6.07) is 11.2. The molecule has 120 valence electrons. The SMILES string of the molecule is COc1ccc(-c2ccnc3nc(-c4ccco4)nn23)cc1OC. The molecule has 4 rings (SSSR count). The van der Waals surface area contributed by atoms with Gasteiger partial charge in [-0.05, 0) is 36.4 Å². The first-order valence-electron chi connectivity index (χ1n) is 7.28. The normalized spacial score (nSPS) is 10.9. The fourth-order valence-corrected chi connectivity index (χ4v) is 2.52. The summed E-state index contributed by atoms with van der Waals surface area (Å²) in [6.07, 6.45) is 3.28. The number of nitrogens with zero attached hydrogens (tertiary/aromatic N) is 4. The van der Waals surface area contributed by atoms with E-state index in [2.05, 4.69) is 15.1 Å². The molecule has 24 heavy (non-hydrogen) atoms. The third kappa shape index (κ3) is 2.26. The van der Waals surface area contributed by atoms with Crippen LogP contribution < -0.4 is 9.47 Å². The molecule has 0 aliphatic heterocycles. The van der Waals surface area contributed by atoms with Crippen molar-refractivity contribution in [2.75, 3.05) is 14.2 Å². The van der Waals surface area contributed by atoms with Crippen LogP contribution in [0.2, 0.25) is 0 Å². The van der Waals surface area contributed by atoms with Gasteiger partial charge in [0.25, 0.3) is 5.78 Å². The lowest BCUT2D eigenvalue weighted by Gasteiger charge is -2.10. The van der Waals surface area contributed by atoms with E-state index in [0.29, 0.717) is 28.9 Å². The number of ether oxygens (including phenoxy) is 2. The van der Waals surface area contributed by atoms with Crippen LogP contribution in [0, 0.1) is 0 Å². The Labute approximate surface area is 137 Å². The molecule has 0 N–H and O–H groups in total. The predicted octanol–water partition coefficient (Wildman–Crippen LogP) is 3.07. The van der Waals surface area contributed by atoms with E-state index in [1.807, 2.05) is 30.3 Å². The van der Waals surface area contributed by atoms with E-state index in [4.69, 9.17) is 13.9 Å². The van der Waals surface area contributed by atoms with Crippen molar-refractivity contribution < 1.29 is 13.9 Å². The van der Waals surface area contributed by atoms with Crippen LogP contribution in [0.25, 0.3) is 28.6 Å². The largest absolute Gasteiger partial charge is 0.493 e. The molecule has 7 nitrogen and oxygen atoms in total. The summed E-state index contributed by atoms with van der Waals surface area (Å²) in [5, 5.41) is 4.51. The van der Waals surface area contributed by atoms with Crippen LogP contribution in [0.15, 0.2) is 53.3 Å². The predicted molar refractivity (Wildman–Crippen MR) is 87.0 cm³/mol. The topological polar surface area (TPSA) is 74.7 Å². The van der Waals surface area contributed by atoms with E-state index in [-0.39, 0.29) is 0 Å². The Hall–Kier alpha value is -3.35. The van der Waals surface area contributed by atoms with Crippen LogP contribution in [0.1, 0.15) is 0 Å². The van der Waals surface area contributed by atoms with Crippen molar-refractivity contribution in [2.45, 2.75) is 0 Å². The van der Waals surface area contributed by atoms with Crippen molar-refractivity contribution in [1.29, 1.82) is 0 Å². The average Bonchev–Trinajstić information content (AvgIpc) is 3.29. The Bertz CT molecular complexity index is 992. The minimum Gasteiger partial charge on any atom is -0.493 e. The molecule has 3 heterocycles. The Morgan fingerprint density at radius 1 is 1.04 bits per heavy atom. The zero-order valence-electron chi connectivity index (χ0n) is 13.1. The number of hydrogen-bond acceptors (Lipinski definition) is 6. The van der Waals surface area contributed by atoms with Gasteiger partial charge in [0.05, 0.1) is 26.2 Å². The molecule has 4 aromatic rings. The summed E-state index contributed by atoms with van der Waals surface area (Å²) in [7, 11) is 3.21. The third-order valence-corrected chi connectivity index (χ3v) is 3.66. The second-order valence-electron chi connectivity index (χ2n) is 5.02. The molecule has 0 fully saturated rings. The van der Waals surface area contributed by atoms with Gasteiger partial charge in [0, 0.05) is 11.8 Å². The molecule has 0 amide bonds. The van der Waals surface area contributed by atoms with Gasteiger partial charge in [-0.15, -0.1) is 5.10 Å². The molecule has 0 aliphatic rings. The minimum atomic E-state index is 0.487. The summed E-state index contributed by atoms with van der Waals surface area (Å²) in [5.74, 6) is 2.89. The van der Waals surface area contributed by atoms with Gasteiger partial charge in [-0.2, -0.15) is 9.50 Å². The highest BCUT2D eigenvalue weighted by Crippen LogP contribution is 2.32. The first-order chi connectivity index (χ1) is 11.8. The van der Waals surface area contributed by atoms with Gasteiger partial charge in [0.15, 0.2) is 17.3 Å². The maximum atomic E-state index is 5.37. The van der Waals surface area contributed by atoms with E-state index in [1.165, 1.54) is 0 Å². The highest BCUT2D eigenvalue weighted by atomic mass is 16.5. The quantitative estimate of drug-likeness (QED) is 0.575. The number of methoxy groups -OCH3 is 2. The van der Waals surface area contributed by atoms with Crippen LogP contribution >= 0.6 is 0 Å². The minimum absolute atomic E-state index is 0.487. The smallest absolute Gasteiger partial charge is 0.253 e. The maximum absolute atomic E-state index is 5.37. The van der Waals surface area contributed by atoms with E-state index in [1.54, 1.807) is 37.3 Å². The third-order valence-electron chi connectivity index (χ3n) is 3.66. The number of benzene rings is 1. The average molecular weight is 322 g/mol. The molecule has 0 bridgehead atoms. The van der Waals surface area contributed by atoms with Crippen molar-refractivity contribution in [3.8, 4) is 34.3 Å². The molecule has 1 aromatic carbocycles. The van der Waals surface area contributed by atoms with E-state index >= 15 is 0 Å². The molecule has 0 aliphatic carbocycles. The molecule has 0 spiro atoms. The molecule has 3 aromatic heterocycles. The molecule has 0 unspecified atom stereocenters. The fraction of sp³-hybridized carbons (Fsp3) is 0.118. The second-order valence-corrected chi connectivity index (χ2v) is 5.02. The van der Waals surface area contributed by atoms with Gasteiger partial charge in [-0.3, -0.25) is 0 Å². The van der Waals surface area contributed by atoms with Gasteiger partial charge in [-0.1, -0.05) is 0 Å². The number of hydrogen-bond donors (Lipinski definition) is 0. The van der Waals surface area contributed by atoms with Gasteiger partial charge in [-0.25, -0.2) is 4.98 Å². The molecule has 0 saturated carbocycles. The lowest BCUT2D eigenvalue weighted by molar-refractivity contribution is 0.355. The zero-order valence-corrected chi connectivity index (χ0v) is 13.1. The van der Waals surface area contributed by atoms with Crippen molar-refractivity contribution in [3.63, 3.8) is 0 Å². The summed E-state index contributed by atoms with van der Waals surface area (Å²) < 4.78 is 17.7. The Morgan fingerprint density at radius 3 is 2.67 bits per heavy atom. The van der Waals surface area contributed by atoms with Crippen molar-refractivity contribution in [1.82, 2.24) is 19.6 Å². The monoisotopic (exact) mass is 322 g/mol. The van der Waals surface area contributed by atoms with Crippen LogP contribution in [0.3, 0.4) is 0 Å². The zero-order chi connectivity index (χ0) is 16.5. The number of furan rings is 1. The van der Waals surface area contributed by atoms with Gasteiger partial charge < -0.3 is 13.9 Å². The van der Waals surface area contributed by atoms with Crippen molar-refractivity contribution >= 4 is 5.78 Å². The highest BCUT2D eigenvalue weighted by molar-refractivity contribution is 5.66. The molecule has 0 atom stereocenters. The highest BCUT2D eigenvalue weighted by Gasteiger charge is 2.14. The number of fused-ring (bicyclic) bond motifs is 1. The molecule has 0 saturated heterocycles. The van der Waals surface area contributed by atoms with Crippen LogP contribution in [0.5, 0.6) is 11.5 Å². The number of rotatable bonds is 4. The Morgan fingerprint density at radius 2 is 1.92 bits per heavy atom. The Balaban J connectivity index is 1.88. The van der Waals surface area contributed by atoms with Crippen LogP contribution in [-0.4, -0.2) is 33.8 Å². The van der Waals surface area contributed by atoms with Gasteiger partial charge in [0.1, 0.15) is 0 Å². The van der Waals surface area contributed by atoms with Crippen molar-refractivity contribution in [3.05, 3.63) is 48.9 Å². The van der Waals surface area contributed by atoms with Gasteiger partial charge in [0.2, 0.25) is 5.82 Å². The molecule has 7 heteroatoms. The number of aromatic nitrogens is 4. The first-order valence-corrected chi connectivity index (χ1v) is 7.28. The maximum Gasteiger partial charge on any atom is 0.253 e. The molecular formula is C17H14N4O3. The molecular weight excluding hydrogens is 308 g/mol. The van der Waals surface area contributed by atoms with Crippen molar-refractivity contribution in [2.24, 2.45) is 0 Å². The van der Waals surface area contributed by atoms with E-state index in [9.17, 15) is 0 Å². The molecule has 0 radical (unpaired) electrons. The lowest BCUT2D eigenvalue weighted by atomic mass is 10.1. The van der Waals surface area contributed by atoms with Gasteiger partial charge >= 0.3 is 0 Å². The van der Waals surface area contributed by atoms with E-state index < -0.39 is 0 Å². The summed E-state index contributed by atoms with van der Waals surface area (Å²) >= 11 is 0. The second kappa shape index (κ2) is 5.69. The Kier molecular flexibility index (Phi) is 3.38. The fourth-order valence-electron chi connectivity index (χ4n) is 2.52. The van der Waals surface area contributed by atoms with E-state index in [0.717, 1.165) is 11.3 Å². The summed E-state index contributed by atoms with van der Waals surface area (Å²) in [5.41, 5.74) is 1.75. The van der Waals surface area contributed by atoms with Crippen LogP contribution in [-0.2, 0) is 0 Å². The first kappa shape index (κ1) is 14.3. The standard InChI is InChI=1S/C17H14N4O3/c1-22-13-6-5-11(10-15(13)23-2)12-7-8-18-17-19-16(20-21(12)17)14-4-3-9-24-14/h3-10H,1-2H3. The summed E-state index contributed by atoms with van der Waals surface area (Å²) in [6.45, 7) is 0. The summed E-state index contributed by atoms with van der Waals surface area (Å²) in [4.78, 5) is 8.67. The van der Waals surface area contributed by atoms with Crippen LogP contribution in [0.4, 0.5) is 0 Å². The lowest BCUT2D eigenvalue weighted by Crippen LogP contribution is -1.97.